The fourth-order valence-corrected chi connectivity index (χ4v) is 6.34. The standard InChI is InChI=1S/C33H42N2O5/c1-21-17-26(20-38-5)28(27-14-16-35(30(21)27)32(37)40-33(2,3)4)19-34-15-13-25(22-7-8-22)18-29(34)23-9-11-24(12-10-23)31(36)39-6/h9-12,14,16-17,22,25,29H,7-8,13,15,18-20H2,1-6H3/t25-,29+/m1/s1. The van der Waals surface area contributed by atoms with E-state index >= 15 is 0 Å². The largest absolute Gasteiger partial charge is 0.465 e. The van der Waals surface area contributed by atoms with Crippen LogP contribution in [-0.2, 0) is 27.4 Å². The highest BCUT2D eigenvalue weighted by Gasteiger charge is 2.38. The summed E-state index contributed by atoms with van der Waals surface area (Å²) in [5.41, 5.74) is 5.44. The molecule has 0 bridgehead atoms. The second-order valence-electron chi connectivity index (χ2n) is 12.4. The van der Waals surface area contributed by atoms with Gasteiger partial charge in [-0.2, -0.15) is 0 Å². The zero-order valence-electron chi connectivity index (χ0n) is 24.7. The molecule has 0 amide bonds. The lowest BCUT2D eigenvalue weighted by Gasteiger charge is -2.40. The molecule has 2 heterocycles. The number of rotatable bonds is 7. The third-order valence-corrected chi connectivity index (χ3v) is 8.37. The van der Waals surface area contributed by atoms with Crippen molar-refractivity contribution in [3.63, 3.8) is 0 Å². The number of hydrogen-bond donors (Lipinski definition) is 0. The van der Waals surface area contributed by atoms with Crippen LogP contribution in [0.3, 0.4) is 0 Å². The molecule has 3 aromatic rings. The Morgan fingerprint density at radius 2 is 1.73 bits per heavy atom. The number of likely N-dealkylation sites (tertiary alicyclic amines) is 1. The summed E-state index contributed by atoms with van der Waals surface area (Å²) in [5.74, 6) is 1.26. The number of carbonyl (C=O) groups is 2. The maximum atomic E-state index is 13.1. The van der Waals surface area contributed by atoms with Crippen LogP contribution in [0.25, 0.3) is 10.9 Å². The quantitative estimate of drug-likeness (QED) is 0.296. The molecule has 214 valence electrons. The summed E-state index contributed by atoms with van der Waals surface area (Å²) < 4.78 is 17.9. The van der Waals surface area contributed by atoms with Gasteiger partial charge in [-0.25, -0.2) is 9.59 Å². The summed E-state index contributed by atoms with van der Waals surface area (Å²) in [6, 6.07) is 12.4. The van der Waals surface area contributed by atoms with Crippen molar-refractivity contribution in [2.75, 3.05) is 20.8 Å². The van der Waals surface area contributed by atoms with E-state index in [2.05, 4.69) is 23.1 Å². The maximum Gasteiger partial charge on any atom is 0.418 e. The summed E-state index contributed by atoms with van der Waals surface area (Å²) in [4.78, 5) is 27.7. The number of piperidine rings is 1. The van der Waals surface area contributed by atoms with E-state index in [1.54, 1.807) is 11.7 Å². The van der Waals surface area contributed by atoms with E-state index in [-0.39, 0.29) is 18.1 Å². The van der Waals surface area contributed by atoms with Crippen LogP contribution in [0.5, 0.6) is 0 Å². The molecule has 2 atom stereocenters. The summed E-state index contributed by atoms with van der Waals surface area (Å²) >= 11 is 0. The Balaban J connectivity index is 1.52. The molecule has 1 aliphatic heterocycles. The van der Waals surface area contributed by atoms with Gasteiger partial charge in [-0.05, 0) is 112 Å². The minimum atomic E-state index is -0.580. The van der Waals surface area contributed by atoms with E-state index < -0.39 is 5.60 Å². The number of aromatic nitrogens is 1. The van der Waals surface area contributed by atoms with Crippen molar-refractivity contribution in [1.82, 2.24) is 9.47 Å². The van der Waals surface area contributed by atoms with Crippen molar-refractivity contribution in [1.29, 1.82) is 0 Å². The van der Waals surface area contributed by atoms with Crippen LogP contribution >= 0.6 is 0 Å². The number of aryl methyl sites for hydroxylation is 1. The Hall–Kier alpha value is -3.16. The van der Waals surface area contributed by atoms with Crippen molar-refractivity contribution in [2.45, 2.75) is 78.2 Å². The molecule has 1 saturated carbocycles. The van der Waals surface area contributed by atoms with Crippen molar-refractivity contribution < 1.29 is 23.8 Å². The average Bonchev–Trinajstić information content (AvgIpc) is 3.67. The first-order chi connectivity index (χ1) is 19.1. The predicted octanol–water partition coefficient (Wildman–Crippen LogP) is 7.03. The first-order valence-electron chi connectivity index (χ1n) is 14.4. The average molecular weight is 547 g/mol. The van der Waals surface area contributed by atoms with Crippen molar-refractivity contribution in [3.8, 4) is 0 Å². The van der Waals surface area contributed by atoms with Crippen LogP contribution in [-0.4, -0.2) is 47.9 Å². The minimum Gasteiger partial charge on any atom is -0.465 e. The Morgan fingerprint density at radius 3 is 2.35 bits per heavy atom. The Kier molecular flexibility index (Phi) is 8.07. The van der Waals surface area contributed by atoms with Gasteiger partial charge in [0.25, 0.3) is 0 Å². The van der Waals surface area contributed by atoms with Crippen molar-refractivity contribution in [3.05, 3.63) is 70.4 Å². The maximum absolute atomic E-state index is 13.1. The van der Waals surface area contributed by atoms with E-state index in [0.29, 0.717) is 12.2 Å². The molecule has 1 aliphatic carbocycles. The first-order valence-corrected chi connectivity index (χ1v) is 14.4. The number of hydrogen-bond acceptors (Lipinski definition) is 6. The van der Waals surface area contributed by atoms with Gasteiger partial charge in [0.05, 0.1) is 24.8 Å². The van der Waals surface area contributed by atoms with Gasteiger partial charge in [0.1, 0.15) is 5.60 Å². The zero-order valence-corrected chi connectivity index (χ0v) is 24.7. The number of carbonyl (C=O) groups excluding carboxylic acids is 2. The van der Waals surface area contributed by atoms with Gasteiger partial charge >= 0.3 is 12.1 Å². The van der Waals surface area contributed by atoms with Crippen LogP contribution in [0.15, 0.2) is 42.6 Å². The number of fused-ring (bicyclic) bond motifs is 1. The molecule has 5 rings (SSSR count). The molecule has 40 heavy (non-hydrogen) atoms. The van der Waals surface area contributed by atoms with Crippen molar-refractivity contribution in [2.24, 2.45) is 11.8 Å². The highest BCUT2D eigenvalue weighted by Crippen LogP contribution is 2.47. The Labute approximate surface area is 237 Å². The third-order valence-electron chi connectivity index (χ3n) is 8.37. The normalized spacial score (nSPS) is 20.1. The van der Waals surface area contributed by atoms with Crippen LogP contribution < -0.4 is 0 Å². The molecular weight excluding hydrogens is 504 g/mol. The molecule has 0 radical (unpaired) electrons. The van der Waals surface area contributed by atoms with Crippen LogP contribution in [0.1, 0.15) is 85.1 Å². The molecule has 0 N–H and O–H groups in total. The fraction of sp³-hybridized carbons (Fsp3) is 0.515. The van der Waals surface area contributed by atoms with E-state index in [4.69, 9.17) is 14.2 Å². The second-order valence-corrected chi connectivity index (χ2v) is 12.4. The van der Waals surface area contributed by atoms with Crippen molar-refractivity contribution >= 4 is 23.0 Å². The first kappa shape index (κ1) is 28.4. The van der Waals surface area contributed by atoms with Crippen LogP contribution in [0.4, 0.5) is 4.79 Å². The number of benzene rings is 2. The monoisotopic (exact) mass is 546 g/mol. The highest BCUT2D eigenvalue weighted by atomic mass is 16.6. The fourth-order valence-electron chi connectivity index (χ4n) is 6.34. The number of methoxy groups -OCH3 is 2. The summed E-state index contributed by atoms with van der Waals surface area (Å²) in [5, 5.41) is 1.06. The van der Waals surface area contributed by atoms with Gasteiger partial charge < -0.3 is 14.2 Å². The zero-order chi connectivity index (χ0) is 28.6. The lowest BCUT2D eigenvalue weighted by atomic mass is 9.83. The van der Waals surface area contributed by atoms with E-state index in [1.165, 1.54) is 37.5 Å². The molecule has 7 nitrogen and oxygen atoms in total. The lowest BCUT2D eigenvalue weighted by Crippen LogP contribution is -2.37. The second kappa shape index (κ2) is 11.4. The van der Waals surface area contributed by atoms with E-state index in [0.717, 1.165) is 53.4 Å². The van der Waals surface area contributed by atoms with Gasteiger partial charge in [-0.3, -0.25) is 9.47 Å². The molecule has 1 saturated heterocycles. The third kappa shape index (κ3) is 5.96. The lowest BCUT2D eigenvalue weighted by molar-refractivity contribution is 0.0542. The summed E-state index contributed by atoms with van der Waals surface area (Å²) in [6.07, 6.45) is 6.43. The van der Waals surface area contributed by atoms with Gasteiger partial charge in [0.15, 0.2) is 0 Å². The topological polar surface area (TPSA) is 70.0 Å². The summed E-state index contributed by atoms with van der Waals surface area (Å²) in [7, 11) is 3.14. The van der Waals surface area contributed by atoms with Gasteiger partial charge in [0.2, 0.25) is 0 Å². The Bertz CT molecular complexity index is 1380. The van der Waals surface area contributed by atoms with E-state index in [9.17, 15) is 9.59 Å². The van der Waals surface area contributed by atoms with Gasteiger partial charge in [-0.15, -0.1) is 0 Å². The molecule has 0 unspecified atom stereocenters. The molecular formula is C33H42N2O5. The van der Waals surface area contributed by atoms with Crippen LogP contribution in [0, 0.1) is 18.8 Å². The number of ether oxygens (including phenoxy) is 3. The molecule has 1 aromatic heterocycles. The van der Waals surface area contributed by atoms with Gasteiger partial charge in [-0.1, -0.05) is 18.2 Å². The molecule has 2 fully saturated rings. The molecule has 2 aromatic carbocycles. The SMILES string of the molecule is COCc1cc(C)c2c(ccn2C(=O)OC(C)(C)C)c1CN1CC[C@@H](C2CC2)C[C@H]1c1ccc(C(=O)OC)cc1. The van der Waals surface area contributed by atoms with E-state index in [1.807, 2.05) is 52.1 Å². The molecule has 2 aliphatic rings. The molecule has 0 spiro atoms. The highest BCUT2D eigenvalue weighted by molar-refractivity contribution is 5.94. The van der Waals surface area contributed by atoms with Gasteiger partial charge in [0, 0.05) is 31.3 Å². The Morgan fingerprint density at radius 1 is 1.00 bits per heavy atom. The smallest absolute Gasteiger partial charge is 0.418 e. The molecule has 7 heteroatoms. The number of esters is 1. The minimum absolute atomic E-state index is 0.241. The predicted molar refractivity (Wildman–Crippen MR) is 155 cm³/mol. The number of nitrogens with zero attached hydrogens (tertiary/aromatic N) is 2. The summed E-state index contributed by atoms with van der Waals surface area (Å²) in [6.45, 7) is 9.94. The van der Waals surface area contributed by atoms with Crippen LogP contribution in [0.2, 0.25) is 0 Å².